The van der Waals surface area contributed by atoms with E-state index in [1.807, 2.05) is 0 Å². The lowest BCUT2D eigenvalue weighted by atomic mass is 9.97. The Balaban J connectivity index is 1.50. The predicted octanol–water partition coefficient (Wildman–Crippen LogP) is 4.42. The van der Waals surface area contributed by atoms with Gasteiger partial charge in [-0.05, 0) is 58.1 Å². The number of benzene rings is 2. The highest BCUT2D eigenvalue weighted by atomic mass is 32.1. The van der Waals surface area contributed by atoms with Crippen molar-refractivity contribution in [1.82, 2.24) is 10.2 Å². The van der Waals surface area contributed by atoms with E-state index < -0.39 is 5.82 Å². The van der Waals surface area contributed by atoms with Crippen molar-refractivity contribution in [3.8, 4) is 0 Å². The summed E-state index contributed by atoms with van der Waals surface area (Å²) in [5.74, 6) is -0.642. The summed E-state index contributed by atoms with van der Waals surface area (Å²) >= 11 is 1.66. The van der Waals surface area contributed by atoms with E-state index in [9.17, 15) is 9.18 Å². The molecule has 1 aliphatic rings. The van der Waals surface area contributed by atoms with E-state index in [4.69, 9.17) is 0 Å². The van der Waals surface area contributed by atoms with Gasteiger partial charge in [0.25, 0.3) is 5.91 Å². The van der Waals surface area contributed by atoms with E-state index in [2.05, 4.69) is 51.3 Å². The van der Waals surface area contributed by atoms with Crippen LogP contribution in [0.4, 0.5) is 4.39 Å². The third-order valence-electron chi connectivity index (χ3n) is 5.07. The number of carbonyl (C=O) groups is 1. The molecule has 0 saturated carbocycles. The van der Waals surface area contributed by atoms with Gasteiger partial charge in [-0.3, -0.25) is 9.69 Å². The number of hydrogen-bond donors (Lipinski definition) is 1. The number of hydrogen-bond acceptors (Lipinski definition) is 3. The maximum absolute atomic E-state index is 13.4. The number of amides is 1. The van der Waals surface area contributed by atoms with Crippen LogP contribution >= 0.6 is 11.3 Å². The SMILES string of the molecule is O=C(NC[C@@H](c1ccsc1)N1CCc2ccccc2C1)c1cccc(F)c1. The summed E-state index contributed by atoms with van der Waals surface area (Å²) in [4.78, 5) is 14.9. The molecule has 0 unspecified atom stereocenters. The van der Waals surface area contributed by atoms with Crippen LogP contribution in [0.3, 0.4) is 0 Å². The number of nitrogens with zero attached hydrogens (tertiary/aromatic N) is 1. The Bertz CT molecular complexity index is 926. The van der Waals surface area contributed by atoms with Crippen LogP contribution in [0.5, 0.6) is 0 Å². The first-order valence-corrected chi connectivity index (χ1v) is 10.0. The van der Waals surface area contributed by atoms with Crippen molar-refractivity contribution in [2.45, 2.75) is 19.0 Å². The van der Waals surface area contributed by atoms with Crippen molar-refractivity contribution >= 4 is 17.2 Å². The highest BCUT2D eigenvalue weighted by Gasteiger charge is 2.25. The van der Waals surface area contributed by atoms with Crippen molar-refractivity contribution in [3.05, 3.63) is 93.4 Å². The minimum absolute atomic E-state index is 0.0992. The van der Waals surface area contributed by atoms with Crippen LogP contribution in [0.25, 0.3) is 0 Å². The van der Waals surface area contributed by atoms with Crippen LogP contribution in [0.2, 0.25) is 0 Å². The van der Waals surface area contributed by atoms with E-state index >= 15 is 0 Å². The summed E-state index contributed by atoms with van der Waals surface area (Å²) < 4.78 is 13.4. The van der Waals surface area contributed by atoms with Gasteiger partial charge < -0.3 is 5.32 Å². The third kappa shape index (κ3) is 4.10. The zero-order valence-electron chi connectivity index (χ0n) is 14.9. The van der Waals surface area contributed by atoms with Gasteiger partial charge in [0.05, 0.1) is 6.04 Å². The Morgan fingerprint density at radius 2 is 2.00 bits per heavy atom. The van der Waals surface area contributed by atoms with Gasteiger partial charge in [0, 0.05) is 25.2 Å². The van der Waals surface area contributed by atoms with Gasteiger partial charge >= 0.3 is 0 Å². The summed E-state index contributed by atoms with van der Waals surface area (Å²) in [6.07, 6.45) is 1.01. The summed E-state index contributed by atoms with van der Waals surface area (Å²) in [6, 6.07) is 16.6. The lowest BCUT2D eigenvalue weighted by molar-refractivity contribution is 0.0927. The third-order valence-corrected chi connectivity index (χ3v) is 5.77. The zero-order valence-corrected chi connectivity index (χ0v) is 15.7. The second-order valence-electron chi connectivity index (χ2n) is 6.78. The molecule has 0 bridgehead atoms. The van der Waals surface area contributed by atoms with Crippen LogP contribution in [0.1, 0.15) is 33.1 Å². The molecule has 3 aromatic rings. The number of rotatable bonds is 5. The van der Waals surface area contributed by atoms with Crippen LogP contribution in [0, 0.1) is 5.82 Å². The summed E-state index contributed by atoms with van der Waals surface area (Å²) in [5, 5.41) is 7.20. The van der Waals surface area contributed by atoms with E-state index in [0.29, 0.717) is 12.1 Å². The second-order valence-corrected chi connectivity index (χ2v) is 7.56. The first kappa shape index (κ1) is 17.9. The van der Waals surface area contributed by atoms with Crippen molar-refractivity contribution in [2.75, 3.05) is 13.1 Å². The number of fused-ring (bicyclic) bond motifs is 1. The number of nitrogens with one attached hydrogen (secondary N) is 1. The number of halogens is 1. The Kier molecular flexibility index (Phi) is 5.32. The first-order valence-electron chi connectivity index (χ1n) is 9.07. The van der Waals surface area contributed by atoms with Crippen molar-refractivity contribution in [1.29, 1.82) is 0 Å². The maximum atomic E-state index is 13.4. The molecule has 0 saturated heterocycles. The molecule has 2 heterocycles. The molecular weight excluding hydrogens is 359 g/mol. The van der Waals surface area contributed by atoms with Crippen molar-refractivity contribution in [2.24, 2.45) is 0 Å². The van der Waals surface area contributed by atoms with E-state index in [1.165, 1.54) is 28.8 Å². The lowest BCUT2D eigenvalue weighted by Crippen LogP contribution is -2.40. The summed E-state index contributed by atoms with van der Waals surface area (Å²) in [6.45, 7) is 2.31. The predicted molar refractivity (Wildman–Crippen MR) is 106 cm³/mol. The summed E-state index contributed by atoms with van der Waals surface area (Å²) in [7, 11) is 0. The minimum atomic E-state index is -0.398. The van der Waals surface area contributed by atoms with Crippen LogP contribution in [0.15, 0.2) is 65.4 Å². The Morgan fingerprint density at radius 1 is 1.15 bits per heavy atom. The average Bonchev–Trinajstić information content (AvgIpc) is 3.22. The fourth-order valence-electron chi connectivity index (χ4n) is 3.63. The van der Waals surface area contributed by atoms with Crippen molar-refractivity contribution in [3.63, 3.8) is 0 Å². The molecule has 0 aliphatic carbocycles. The molecule has 0 fully saturated rings. The minimum Gasteiger partial charge on any atom is -0.350 e. The molecule has 4 rings (SSSR count). The number of carbonyl (C=O) groups excluding carboxylic acids is 1. The molecule has 3 nitrogen and oxygen atoms in total. The molecule has 1 aliphatic heterocycles. The largest absolute Gasteiger partial charge is 0.350 e. The van der Waals surface area contributed by atoms with Crippen LogP contribution in [-0.2, 0) is 13.0 Å². The quantitative estimate of drug-likeness (QED) is 0.711. The molecule has 1 N–H and O–H groups in total. The first-order chi connectivity index (χ1) is 13.2. The standard InChI is InChI=1S/C22H21FN2OS/c23-20-7-3-6-17(12-20)22(26)24-13-21(19-9-11-27-15-19)25-10-8-16-4-1-2-5-18(16)14-25/h1-7,9,11-12,15,21H,8,10,13-14H2,(H,24,26)/t21-/m0/s1. The topological polar surface area (TPSA) is 32.3 Å². The zero-order chi connectivity index (χ0) is 18.6. The van der Waals surface area contributed by atoms with Crippen LogP contribution in [-0.4, -0.2) is 23.9 Å². The van der Waals surface area contributed by atoms with E-state index in [1.54, 1.807) is 23.5 Å². The Labute approximate surface area is 162 Å². The normalized spacial score (nSPS) is 15.1. The molecule has 0 radical (unpaired) electrons. The highest BCUT2D eigenvalue weighted by Crippen LogP contribution is 2.28. The van der Waals surface area contributed by atoms with Gasteiger partial charge in [-0.25, -0.2) is 4.39 Å². The highest BCUT2D eigenvalue weighted by molar-refractivity contribution is 7.07. The summed E-state index contributed by atoms with van der Waals surface area (Å²) in [5.41, 5.74) is 4.31. The Morgan fingerprint density at radius 3 is 2.78 bits per heavy atom. The fourth-order valence-corrected chi connectivity index (χ4v) is 4.33. The van der Waals surface area contributed by atoms with Gasteiger partial charge in [0.2, 0.25) is 0 Å². The fraction of sp³-hybridized carbons (Fsp3) is 0.227. The monoisotopic (exact) mass is 380 g/mol. The average molecular weight is 380 g/mol. The Hall–Kier alpha value is -2.50. The molecule has 27 heavy (non-hydrogen) atoms. The maximum Gasteiger partial charge on any atom is 0.251 e. The molecular formula is C22H21FN2OS. The van der Waals surface area contributed by atoms with Gasteiger partial charge in [0.15, 0.2) is 0 Å². The molecule has 138 valence electrons. The molecule has 0 spiro atoms. The van der Waals surface area contributed by atoms with E-state index in [-0.39, 0.29) is 11.9 Å². The molecule has 5 heteroatoms. The van der Waals surface area contributed by atoms with Crippen LogP contribution < -0.4 is 5.32 Å². The van der Waals surface area contributed by atoms with Gasteiger partial charge in [-0.1, -0.05) is 30.3 Å². The molecule has 2 aromatic carbocycles. The lowest BCUT2D eigenvalue weighted by Gasteiger charge is -2.35. The molecule has 1 aromatic heterocycles. The van der Waals surface area contributed by atoms with E-state index in [0.717, 1.165) is 19.5 Å². The second kappa shape index (κ2) is 8.03. The van der Waals surface area contributed by atoms with Gasteiger partial charge in [-0.2, -0.15) is 11.3 Å². The smallest absolute Gasteiger partial charge is 0.251 e. The van der Waals surface area contributed by atoms with Gasteiger partial charge in [0.1, 0.15) is 5.82 Å². The number of thiophene rings is 1. The van der Waals surface area contributed by atoms with Gasteiger partial charge in [-0.15, -0.1) is 0 Å². The molecule has 1 amide bonds. The molecule has 1 atom stereocenters. The van der Waals surface area contributed by atoms with Crippen molar-refractivity contribution < 1.29 is 9.18 Å².